The second-order valence-corrected chi connectivity index (χ2v) is 13.2. The monoisotopic (exact) mass is 502 g/mol. The van der Waals surface area contributed by atoms with Gasteiger partial charge in [0, 0.05) is 17.5 Å². The molecular formula is C26H34N2O4S2. The van der Waals surface area contributed by atoms with E-state index in [4.69, 9.17) is 4.74 Å². The molecule has 2 aliphatic rings. The number of carbonyl (C=O) groups is 1. The molecular weight excluding hydrogens is 468 g/mol. The van der Waals surface area contributed by atoms with E-state index in [0.29, 0.717) is 23.2 Å². The topological polar surface area (TPSA) is 75.7 Å². The highest BCUT2D eigenvalue weighted by atomic mass is 32.2. The number of sulfonamides is 1. The fourth-order valence-electron chi connectivity index (χ4n) is 4.37. The second-order valence-electron chi connectivity index (χ2n) is 9.96. The van der Waals surface area contributed by atoms with Crippen LogP contribution >= 0.6 is 11.8 Å². The van der Waals surface area contributed by atoms with Crippen LogP contribution in [0.4, 0.5) is 5.69 Å². The number of hydrogen-bond acceptors (Lipinski definition) is 5. The highest BCUT2D eigenvalue weighted by molar-refractivity contribution is 7.99. The second kappa shape index (κ2) is 10.2. The SMILES string of the molecule is CC(C)(C)c1ccc2c(c1)N(S(=O)(=O)c1ccccc1)CC(C(=O)NCCSC1CCCC1)O2. The highest BCUT2D eigenvalue weighted by Crippen LogP contribution is 2.40. The Morgan fingerprint density at radius 1 is 1.12 bits per heavy atom. The Morgan fingerprint density at radius 3 is 2.50 bits per heavy atom. The lowest BCUT2D eigenvalue weighted by Crippen LogP contribution is -2.51. The minimum Gasteiger partial charge on any atom is -0.476 e. The number of ether oxygens (including phenoxy) is 1. The number of nitrogens with one attached hydrogen (secondary N) is 1. The van der Waals surface area contributed by atoms with Gasteiger partial charge < -0.3 is 10.1 Å². The average molecular weight is 503 g/mol. The summed E-state index contributed by atoms with van der Waals surface area (Å²) in [4.78, 5) is 13.2. The predicted molar refractivity (Wildman–Crippen MR) is 138 cm³/mol. The van der Waals surface area contributed by atoms with Crippen LogP contribution < -0.4 is 14.4 Å². The van der Waals surface area contributed by atoms with Crippen LogP contribution in [0.5, 0.6) is 5.75 Å². The lowest BCUT2D eigenvalue weighted by molar-refractivity contribution is -0.127. The average Bonchev–Trinajstić information content (AvgIpc) is 3.34. The minimum atomic E-state index is -3.87. The molecule has 8 heteroatoms. The van der Waals surface area contributed by atoms with E-state index in [0.717, 1.165) is 11.3 Å². The van der Waals surface area contributed by atoms with Crippen LogP contribution in [0.25, 0.3) is 0 Å². The van der Waals surface area contributed by atoms with E-state index >= 15 is 0 Å². The van der Waals surface area contributed by atoms with Crippen LogP contribution in [-0.2, 0) is 20.2 Å². The number of amides is 1. The van der Waals surface area contributed by atoms with Gasteiger partial charge in [-0.25, -0.2) is 8.42 Å². The fraction of sp³-hybridized carbons (Fsp3) is 0.500. The molecule has 0 bridgehead atoms. The van der Waals surface area contributed by atoms with Gasteiger partial charge >= 0.3 is 0 Å². The smallest absolute Gasteiger partial charge is 0.264 e. The molecule has 1 atom stereocenters. The molecule has 6 nitrogen and oxygen atoms in total. The zero-order valence-corrected chi connectivity index (χ0v) is 21.8. The standard InChI is InChI=1S/C26H34N2O4S2/c1-26(2,3)19-13-14-23-22(17-19)28(34(30,31)21-11-5-4-6-12-21)18-24(32-23)25(29)27-15-16-33-20-9-7-8-10-20/h4-6,11-14,17,20,24H,7-10,15-16,18H2,1-3H3,(H,27,29). The van der Waals surface area contributed by atoms with Gasteiger partial charge in [0.05, 0.1) is 17.1 Å². The van der Waals surface area contributed by atoms with Crippen LogP contribution in [0.15, 0.2) is 53.4 Å². The fourth-order valence-corrected chi connectivity index (χ4v) is 7.08. The Kier molecular flexibility index (Phi) is 7.48. The molecule has 1 fully saturated rings. The lowest BCUT2D eigenvalue weighted by Gasteiger charge is -2.36. The first-order valence-electron chi connectivity index (χ1n) is 11.9. The number of rotatable bonds is 7. The molecule has 1 amide bonds. The van der Waals surface area contributed by atoms with Crippen LogP contribution in [0, 0.1) is 0 Å². The Balaban J connectivity index is 1.56. The van der Waals surface area contributed by atoms with Crippen molar-refractivity contribution in [1.29, 1.82) is 0 Å². The summed E-state index contributed by atoms with van der Waals surface area (Å²) in [5.41, 5.74) is 1.30. The van der Waals surface area contributed by atoms with Gasteiger partial charge in [0.15, 0.2) is 6.10 Å². The van der Waals surface area contributed by atoms with Crippen molar-refractivity contribution in [1.82, 2.24) is 5.32 Å². The molecule has 184 valence electrons. The van der Waals surface area contributed by atoms with E-state index in [1.165, 1.54) is 30.0 Å². The lowest BCUT2D eigenvalue weighted by atomic mass is 9.86. The summed E-state index contributed by atoms with van der Waals surface area (Å²) in [6.07, 6.45) is 4.18. The van der Waals surface area contributed by atoms with E-state index < -0.39 is 16.1 Å². The molecule has 1 heterocycles. The Bertz CT molecular complexity index is 1110. The Morgan fingerprint density at radius 2 is 1.82 bits per heavy atom. The number of benzene rings is 2. The van der Waals surface area contributed by atoms with Gasteiger partial charge in [-0.3, -0.25) is 9.10 Å². The minimum absolute atomic E-state index is 0.0700. The number of hydrogen-bond donors (Lipinski definition) is 1. The van der Waals surface area contributed by atoms with Crippen molar-refractivity contribution in [3.63, 3.8) is 0 Å². The maximum atomic E-state index is 13.6. The Labute approximate surface area is 207 Å². The first-order valence-corrected chi connectivity index (χ1v) is 14.4. The predicted octanol–water partition coefficient (Wildman–Crippen LogP) is 4.73. The van der Waals surface area contributed by atoms with Crippen molar-refractivity contribution >= 4 is 33.4 Å². The summed E-state index contributed by atoms with van der Waals surface area (Å²) in [5.74, 6) is 0.964. The first kappa shape index (κ1) is 24.9. The maximum absolute atomic E-state index is 13.6. The Hall–Kier alpha value is -2.19. The summed E-state index contributed by atoms with van der Waals surface area (Å²) < 4.78 is 34.6. The normalized spacial score (nSPS) is 18.9. The molecule has 2 aromatic carbocycles. The molecule has 1 aliphatic carbocycles. The van der Waals surface area contributed by atoms with E-state index in [-0.39, 0.29) is 22.8 Å². The van der Waals surface area contributed by atoms with Crippen molar-refractivity contribution in [2.45, 2.75) is 68.1 Å². The summed E-state index contributed by atoms with van der Waals surface area (Å²) in [6, 6.07) is 13.9. The molecule has 1 unspecified atom stereocenters. The molecule has 1 N–H and O–H groups in total. The van der Waals surface area contributed by atoms with Crippen LogP contribution in [0.3, 0.4) is 0 Å². The van der Waals surface area contributed by atoms with Crippen LogP contribution in [-0.4, -0.2) is 44.5 Å². The molecule has 0 radical (unpaired) electrons. The van der Waals surface area contributed by atoms with Gasteiger partial charge in [0.25, 0.3) is 15.9 Å². The zero-order chi connectivity index (χ0) is 24.3. The van der Waals surface area contributed by atoms with Gasteiger partial charge in [0.1, 0.15) is 5.75 Å². The van der Waals surface area contributed by atoms with Gasteiger partial charge in [-0.1, -0.05) is 57.9 Å². The number of fused-ring (bicyclic) bond motifs is 1. The number of thioether (sulfide) groups is 1. The maximum Gasteiger partial charge on any atom is 0.264 e. The van der Waals surface area contributed by atoms with Crippen molar-refractivity contribution in [2.75, 3.05) is 23.1 Å². The van der Waals surface area contributed by atoms with Crippen molar-refractivity contribution in [3.8, 4) is 5.75 Å². The van der Waals surface area contributed by atoms with Crippen LogP contribution in [0.2, 0.25) is 0 Å². The van der Waals surface area contributed by atoms with E-state index in [9.17, 15) is 13.2 Å². The molecule has 1 aliphatic heterocycles. The van der Waals surface area contributed by atoms with E-state index in [1.54, 1.807) is 36.4 Å². The molecule has 2 aromatic rings. The summed E-state index contributed by atoms with van der Waals surface area (Å²) >= 11 is 1.91. The van der Waals surface area contributed by atoms with Crippen molar-refractivity contribution in [2.24, 2.45) is 0 Å². The third-order valence-corrected chi connectivity index (χ3v) is 9.55. The van der Waals surface area contributed by atoms with E-state index in [1.807, 2.05) is 23.9 Å². The molecule has 4 rings (SSSR count). The van der Waals surface area contributed by atoms with Gasteiger partial charge in [-0.2, -0.15) is 11.8 Å². The van der Waals surface area contributed by atoms with Gasteiger partial charge in [0.2, 0.25) is 0 Å². The molecule has 1 saturated carbocycles. The molecule has 0 aromatic heterocycles. The largest absolute Gasteiger partial charge is 0.476 e. The zero-order valence-electron chi connectivity index (χ0n) is 20.1. The summed E-state index contributed by atoms with van der Waals surface area (Å²) in [5, 5.41) is 3.64. The van der Waals surface area contributed by atoms with Gasteiger partial charge in [-0.05, 0) is 48.1 Å². The molecule has 0 spiro atoms. The number of anilines is 1. The third-order valence-electron chi connectivity index (χ3n) is 6.38. The quantitative estimate of drug-likeness (QED) is 0.554. The van der Waals surface area contributed by atoms with Gasteiger partial charge in [-0.15, -0.1) is 0 Å². The highest BCUT2D eigenvalue weighted by Gasteiger charge is 2.38. The molecule has 0 saturated heterocycles. The summed E-state index contributed by atoms with van der Waals surface area (Å²) in [6.45, 7) is 6.71. The van der Waals surface area contributed by atoms with Crippen LogP contribution in [0.1, 0.15) is 52.0 Å². The third kappa shape index (κ3) is 5.54. The number of nitrogens with zero attached hydrogens (tertiary/aromatic N) is 1. The molecule has 34 heavy (non-hydrogen) atoms. The summed E-state index contributed by atoms with van der Waals surface area (Å²) in [7, 11) is -3.87. The van der Waals surface area contributed by atoms with Crippen molar-refractivity contribution in [3.05, 3.63) is 54.1 Å². The number of carbonyl (C=O) groups excluding carboxylic acids is 1. The van der Waals surface area contributed by atoms with Crippen molar-refractivity contribution < 1.29 is 17.9 Å². The first-order chi connectivity index (χ1) is 16.2. The van der Waals surface area contributed by atoms with E-state index in [2.05, 4.69) is 26.1 Å².